The topological polar surface area (TPSA) is 38.1 Å². The number of halogens is 1. The van der Waals surface area contributed by atoms with Crippen molar-refractivity contribution in [3.05, 3.63) is 64.8 Å². The standard InChI is InChI=1S/C17H17BrN2O/c1-2-8-20-16(14-7-10-21-17(14)18)13-5-3-4-12-6-9-19-11-15(12)13/h3-7,9-11,16,20H,2,8H2,1H3. The van der Waals surface area contributed by atoms with E-state index in [1.165, 1.54) is 16.3 Å². The van der Waals surface area contributed by atoms with E-state index in [4.69, 9.17) is 4.42 Å². The minimum Gasteiger partial charge on any atom is -0.457 e. The van der Waals surface area contributed by atoms with Crippen molar-refractivity contribution in [2.45, 2.75) is 19.4 Å². The molecule has 1 N–H and O–H groups in total. The molecule has 0 radical (unpaired) electrons. The van der Waals surface area contributed by atoms with E-state index in [1.54, 1.807) is 6.26 Å². The first-order chi connectivity index (χ1) is 10.3. The van der Waals surface area contributed by atoms with Crippen molar-refractivity contribution >= 4 is 26.7 Å². The molecular weight excluding hydrogens is 328 g/mol. The number of nitrogens with one attached hydrogen (secondary N) is 1. The SMILES string of the molecule is CCCNC(c1ccoc1Br)c1cccc2ccncc12. The molecule has 3 rings (SSSR count). The smallest absolute Gasteiger partial charge is 0.174 e. The van der Waals surface area contributed by atoms with Crippen LogP contribution in [0.5, 0.6) is 0 Å². The Balaban J connectivity index is 2.12. The molecule has 1 atom stereocenters. The first kappa shape index (κ1) is 14.3. The summed E-state index contributed by atoms with van der Waals surface area (Å²) in [6.45, 7) is 3.11. The summed E-state index contributed by atoms with van der Waals surface area (Å²) in [5, 5.41) is 5.97. The molecule has 21 heavy (non-hydrogen) atoms. The lowest BCUT2D eigenvalue weighted by molar-refractivity contribution is 0.524. The average Bonchev–Trinajstić information content (AvgIpc) is 2.94. The zero-order valence-electron chi connectivity index (χ0n) is 11.8. The van der Waals surface area contributed by atoms with Gasteiger partial charge in [-0.1, -0.05) is 25.1 Å². The molecule has 3 aromatic rings. The van der Waals surface area contributed by atoms with E-state index in [0.29, 0.717) is 0 Å². The summed E-state index contributed by atoms with van der Waals surface area (Å²) < 4.78 is 6.20. The van der Waals surface area contributed by atoms with E-state index >= 15 is 0 Å². The lowest BCUT2D eigenvalue weighted by Crippen LogP contribution is -2.23. The van der Waals surface area contributed by atoms with Crippen LogP contribution in [0.15, 0.2) is 58.1 Å². The Kier molecular flexibility index (Phi) is 4.36. The van der Waals surface area contributed by atoms with Crippen molar-refractivity contribution in [2.75, 3.05) is 6.54 Å². The maximum Gasteiger partial charge on any atom is 0.174 e. The van der Waals surface area contributed by atoms with Gasteiger partial charge in [0.2, 0.25) is 0 Å². The lowest BCUT2D eigenvalue weighted by Gasteiger charge is -2.20. The zero-order chi connectivity index (χ0) is 14.7. The molecule has 108 valence electrons. The van der Waals surface area contributed by atoms with Crippen molar-refractivity contribution in [1.82, 2.24) is 10.3 Å². The minimum absolute atomic E-state index is 0.0889. The Hall–Kier alpha value is -1.65. The Labute approximate surface area is 132 Å². The molecule has 1 unspecified atom stereocenters. The summed E-state index contributed by atoms with van der Waals surface area (Å²) in [6.07, 6.45) is 6.55. The van der Waals surface area contributed by atoms with Crippen LogP contribution in [0.25, 0.3) is 10.8 Å². The van der Waals surface area contributed by atoms with Gasteiger partial charge in [0.15, 0.2) is 4.67 Å². The highest BCUT2D eigenvalue weighted by Crippen LogP contribution is 2.33. The van der Waals surface area contributed by atoms with Crippen LogP contribution in [0, 0.1) is 0 Å². The molecule has 0 amide bonds. The van der Waals surface area contributed by atoms with Gasteiger partial charge in [-0.25, -0.2) is 0 Å². The van der Waals surface area contributed by atoms with Crippen LogP contribution in [0.4, 0.5) is 0 Å². The van der Waals surface area contributed by atoms with Gasteiger partial charge in [-0.3, -0.25) is 4.98 Å². The predicted molar refractivity (Wildman–Crippen MR) is 88.3 cm³/mol. The second kappa shape index (κ2) is 6.41. The van der Waals surface area contributed by atoms with Crippen molar-refractivity contribution in [2.24, 2.45) is 0 Å². The molecule has 0 aliphatic rings. The van der Waals surface area contributed by atoms with Crippen molar-refractivity contribution in [3.8, 4) is 0 Å². The number of furan rings is 1. The molecule has 0 bridgehead atoms. The van der Waals surface area contributed by atoms with Gasteiger partial charge in [0.05, 0.1) is 12.3 Å². The number of fused-ring (bicyclic) bond motifs is 1. The van der Waals surface area contributed by atoms with Gasteiger partial charge in [0, 0.05) is 23.3 Å². The van der Waals surface area contributed by atoms with Crippen LogP contribution in [-0.4, -0.2) is 11.5 Å². The highest BCUT2D eigenvalue weighted by Gasteiger charge is 2.20. The Bertz CT molecular complexity index is 733. The molecule has 0 saturated carbocycles. The number of hydrogen-bond acceptors (Lipinski definition) is 3. The quantitative estimate of drug-likeness (QED) is 0.730. The van der Waals surface area contributed by atoms with Gasteiger partial charge in [-0.15, -0.1) is 0 Å². The van der Waals surface area contributed by atoms with Gasteiger partial charge < -0.3 is 9.73 Å². The third-order valence-corrected chi connectivity index (χ3v) is 4.23. The fourth-order valence-corrected chi connectivity index (χ4v) is 3.04. The third kappa shape index (κ3) is 2.87. The largest absolute Gasteiger partial charge is 0.457 e. The molecule has 0 fully saturated rings. The van der Waals surface area contributed by atoms with Crippen LogP contribution in [0.2, 0.25) is 0 Å². The maximum absolute atomic E-state index is 5.42. The summed E-state index contributed by atoms with van der Waals surface area (Å²) in [6, 6.07) is 10.5. The molecule has 1 aromatic carbocycles. The van der Waals surface area contributed by atoms with Gasteiger partial charge in [0.25, 0.3) is 0 Å². The van der Waals surface area contributed by atoms with Gasteiger partial charge in [0.1, 0.15) is 0 Å². The summed E-state index contributed by atoms with van der Waals surface area (Å²) in [4.78, 5) is 4.28. The molecule has 3 nitrogen and oxygen atoms in total. The highest BCUT2D eigenvalue weighted by molar-refractivity contribution is 9.10. The molecule has 4 heteroatoms. The summed E-state index contributed by atoms with van der Waals surface area (Å²) in [5.41, 5.74) is 2.33. The third-order valence-electron chi connectivity index (χ3n) is 3.58. The van der Waals surface area contributed by atoms with Crippen LogP contribution >= 0.6 is 15.9 Å². The lowest BCUT2D eigenvalue weighted by atomic mass is 9.96. The Morgan fingerprint density at radius 2 is 2.14 bits per heavy atom. The van der Waals surface area contributed by atoms with Gasteiger partial charge >= 0.3 is 0 Å². The van der Waals surface area contributed by atoms with Crippen LogP contribution in [0.3, 0.4) is 0 Å². The molecule has 0 spiro atoms. The van der Waals surface area contributed by atoms with Crippen LogP contribution < -0.4 is 5.32 Å². The Morgan fingerprint density at radius 1 is 1.24 bits per heavy atom. The van der Waals surface area contributed by atoms with Gasteiger partial charge in [-0.2, -0.15) is 0 Å². The summed E-state index contributed by atoms with van der Waals surface area (Å²) >= 11 is 3.50. The summed E-state index contributed by atoms with van der Waals surface area (Å²) in [5.74, 6) is 0. The number of pyridine rings is 1. The van der Waals surface area contributed by atoms with Crippen molar-refractivity contribution in [1.29, 1.82) is 0 Å². The van der Waals surface area contributed by atoms with Crippen molar-refractivity contribution < 1.29 is 4.42 Å². The average molecular weight is 345 g/mol. The summed E-state index contributed by atoms with van der Waals surface area (Å²) in [7, 11) is 0. The Morgan fingerprint density at radius 3 is 2.90 bits per heavy atom. The molecule has 2 heterocycles. The molecule has 0 aliphatic heterocycles. The monoisotopic (exact) mass is 344 g/mol. The fourth-order valence-electron chi connectivity index (χ4n) is 2.58. The highest BCUT2D eigenvalue weighted by atomic mass is 79.9. The minimum atomic E-state index is 0.0889. The van der Waals surface area contributed by atoms with E-state index in [-0.39, 0.29) is 6.04 Å². The first-order valence-electron chi connectivity index (χ1n) is 7.10. The van der Waals surface area contributed by atoms with Crippen LogP contribution in [-0.2, 0) is 0 Å². The zero-order valence-corrected chi connectivity index (χ0v) is 13.4. The number of aromatic nitrogens is 1. The number of benzene rings is 1. The maximum atomic E-state index is 5.42. The molecule has 0 saturated heterocycles. The fraction of sp³-hybridized carbons (Fsp3) is 0.235. The van der Waals surface area contributed by atoms with E-state index in [9.17, 15) is 0 Å². The van der Waals surface area contributed by atoms with Gasteiger partial charge in [-0.05, 0) is 52.0 Å². The van der Waals surface area contributed by atoms with Crippen LogP contribution in [0.1, 0.15) is 30.5 Å². The van der Waals surface area contributed by atoms with E-state index in [1.807, 2.05) is 24.5 Å². The second-order valence-electron chi connectivity index (χ2n) is 4.98. The molecule has 0 aliphatic carbocycles. The first-order valence-corrected chi connectivity index (χ1v) is 7.89. The van der Waals surface area contributed by atoms with E-state index in [0.717, 1.165) is 23.2 Å². The second-order valence-corrected chi connectivity index (χ2v) is 5.70. The number of hydrogen-bond donors (Lipinski definition) is 1. The molecular formula is C17H17BrN2O. The van der Waals surface area contributed by atoms with Crippen molar-refractivity contribution in [3.63, 3.8) is 0 Å². The predicted octanol–water partition coefficient (Wildman–Crippen LogP) is 4.68. The number of rotatable bonds is 5. The normalized spacial score (nSPS) is 12.7. The van der Waals surface area contributed by atoms with E-state index in [2.05, 4.69) is 51.4 Å². The molecule has 2 aromatic heterocycles. The number of nitrogens with zero attached hydrogens (tertiary/aromatic N) is 1. The van der Waals surface area contributed by atoms with E-state index < -0.39 is 0 Å².